The molecule has 0 saturated carbocycles. The van der Waals surface area contributed by atoms with E-state index in [4.69, 9.17) is 0 Å². The maximum absolute atomic E-state index is 13.1. The summed E-state index contributed by atoms with van der Waals surface area (Å²) in [5, 5.41) is 12.8. The van der Waals surface area contributed by atoms with Crippen molar-refractivity contribution in [2.24, 2.45) is 0 Å². The Bertz CT molecular complexity index is 1210. The Hall–Kier alpha value is -2.74. The van der Waals surface area contributed by atoms with Gasteiger partial charge in [0.15, 0.2) is 0 Å². The number of rotatable bonds is 6. The number of fused-ring (bicyclic) bond motifs is 3. The highest BCUT2D eigenvalue weighted by Gasteiger charge is 2.24. The second-order valence-electron chi connectivity index (χ2n) is 7.04. The molecule has 4 rings (SSSR count). The summed E-state index contributed by atoms with van der Waals surface area (Å²) in [6, 6.07) is 20.5. The molecule has 1 atom stereocenters. The molecule has 5 nitrogen and oxygen atoms in total. The molecular formula is C22H21FN2O3S. The number of aliphatic hydroxyl groups is 1. The lowest BCUT2D eigenvalue weighted by Crippen LogP contribution is -2.36. The van der Waals surface area contributed by atoms with Crippen LogP contribution < -0.4 is 0 Å². The fraction of sp³-hybridized carbons (Fsp3) is 0.182. The van der Waals surface area contributed by atoms with Gasteiger partial charge in [0, 0.05) is 35.4 Å². The number of halogens is 1. The Morgan fingerprint density at radius 2 is 1.45 bits per heavy atom. The fourth-order valence-corrected chi connectivity index (χ4v) is 4.86. The third-order valence-corrected chi connectivity index (χ3v) is 6.90. The van der Waals surface area contributed by atoms with Gasteiger partial charge < -0.3 is 9.67 Å². The third-order valence-electron chi connectivity index (χ3n) is 5.06. The van der Waals surface area contributed by atoms with E-state index < -0.39 is 21.9 Å². The van der Waals surface area contributed by atoms with Gasteiger partial charge in [0.25, 0.3) is 0 Å². The molecule has 0 unspecified atom stereocenters. The van der Waals surface area contributed by atoms with Gasteiger partial charge in [0.05, 0.1) is 17.5 Å². The highest BCUT2D eigenvalue weighted by Crippen LogP contribution is 2.29. The SMILES string of the molecule is CN(C[C@@H](O)Cn1c2ccccc2c2ccccc21)S(=O)(=O)c1ccc(F)cc1. The number of sulfonamides is 1. The van der Waals surface area contributed by atoms with Gasteiger partial charge in [-0.3, -0.25) is 0 Å². The van der Waals surface area contributed by atoms with Crippen LogP contribution in [0.2, 0.25) is 0 Å². The van der Waals surface area contributed by atoms with Crippen LogP contribution in [0.15, 0.2) is 77.7 Å². The summed E-state index contributed by atoms with van der Waals surface area (Å²) in [7, 11) is -2.41. The minimum atomic E-state index is -3.82. The number of hydrogen-bond donors (Lipinski definition) is 1. The normalized spacial score (nSPS) is 13.4. The standard InChI is InChI=1S/C22H21FN2O3S/c1-24(29(27,28)18-12-10-16(23)11-13-18)14-17(26)15-25-21-8-4-2-6-19(21)20-7-3-5-9-22(20)25/h2-13,17,26H,14-15H2,1H3/t17-/m1/s1. The zero-order valence-corrected chi connectivity index (χ0v) is 16.7. The van der Waals surface area contributed by atoms with Crippen LogP contribution in [-0.2, 0) is 16.6 Å². The van der Waals surface area contributed by atoms with E-state index in [0.717, 1.165) is 38.2 Å². The average molecular weight is 412 g/mol. The molecule has 0 radical (unpaired) electrons. The van der Waals surface area contributed by atoms with Crippen molar-refractivity contribution < 1.29 is 17.9 Å². The van der Waals surface area contributed by atoms with Gasteiger partial charge in [-0.2, -0.15) is 4.31 Å². The number of likely N-dealkylation sites (N-methyl/N-ethyl adjacent to an activating group) is 1. The maximum Gasteiger partial charge on any atom is 0.242 e. The van der Waals surface area contributed by atoms with E-state index in [1.165, 1.54) is 19.2 Å². The first-order chi connectivity index (χ1) is 13.9. The van der Waals surface area contributed by atoms with Gasteiger partial charge in [0.2, 0.25) is 10.0 Å². The molecule has 3 aromatic carbocycles. The van der Waals surface area contributed by atoms with Gasteiger partial charge >= 0.3 is 0 Å². The Morgan fingerprint density at radius 3 is 2.00 bits per heavy atom. The highest BCUT2D eigenvalue weighted by molar-refractivity contribution is 7.89. The number of benzene rings is 3. The molecule has 1 heterocycles. The number of aromatic nitrogens is 1. The van der Waals surface area contributed by atoms with Crippen molar-refractivity contribution in [3.63, 3.8) is 0 Å². The van der Waals surface area contributed by atoms with Crippen LogP contribution in [0, 0.1) is 5.82 Å². The lowest BCUT2D eigenvalue weighted by atomic mass is 10.2. The van der Waals surface area contributed by atoms with E-state index >= 15 is 0 Å². The zero-order chi connectivity index (χ0) is 20.6. The summed E-state index contributed by atoms with van der Waals surface area (Å²) in [5.74, 6) is -0.502. The molecule has 0 spiro atoms. The number of nitrogens with zero attached hydrogens (tertiary/aromatic N) is 2. The van der Waals surface area contributed by atoms with Crippen molar-refractivity contribution in [1.29, 1.82) is 0 Å². The third kappa shape index (κ3) is 3.64. The molecule has 0 aliphatic rings. The molecule has 1 aromatic heterocycles. The number of para-hydroxylation sites is 2. The molecule has 150 valence electrons. The maximum atomic E-state index is 13.1. The summed E-state index contributed by atoms with van der Waals surface area (Å²) in [6.07, 6.45) is -0.922. The van der Waals surface area contributed by atoms with Gasteiger partial charge in [-0.05, 0) is 36.4 Å². The van der Waals surface area contributed by atoms with Crippen LogP contribution in [-0.4, -0.2) is 42.1 Å². The van der Waals surface area contributed by atoms with Gasteiger partial charge in [-0.1, -0.05) is 36.4 Å². The molecular weight excluding hydrogens is 391 g/mol. The molecule has 29 heavy (non-hydrogen) atoms. The van der Waals surface area contributed by atoms with E-state index in [0.29, 0.717) is 0 Å². The molecule has 0 saturated heterocycles. The lowest BCUT2D eigenvalue weighted by Gasteiger charge is -2.21. The van der Waals surface area contributed by atoms with Crippen LogP contribution in [0.4, 0.5) is 4.39 Å². The monoisotopic (exact) mass is 412 g/mol. The molecule has 0 amide bonds. The minimum absolute atomic E-state index is 0.00883. The van der Waals surface area contributed by atoms with Crippen molar-refractivity contribution in [1.82, 2.24) is 8.87 Å². The van der Waals surface area contributed by atoms with Crippen LogP contribution >= 0.6 is 0 Å². The second-order valence-corrected chi connectivity index (χ2v) is 9.08. The highest BCUT2D eigenvalue weighted by atomic mass is 32.2. The van der Waals surface area contributed by atoms with Gasteiger partial charge in [-0.15, -0.1) is 0 Å². The van der Waals surface area contributed by atoms with Gasteiger partial charge in [0.1, 0.15) is 5.82 Å². The molecule has 0 bridgehead atoms. The summed E-state index contributed by atoms with van der Waals surface area (Å²) in [6.45, 7) is 0.165. The van der Waals surface area contributed by atoms with E-state index in [9.17, 15) is 17.9 Å². The second kappa shape index (κ2) is 7.59. The van der Waals surface area contributed by atoms with Crippen molar-refractivity contribution in [3.8, 4) is 0 Å². The smallest absolute Gasteiger partial charge is 0.242 e. The zero-order valence-electron chi connectivity index (χ0n) is 15.9. The van der Waals surface area contributed by atoms with Gasteiger partial charge in [-0.25, -0.2) is 12.8 Å². The first-order valence-electron chi connectivity index (χ1n) is 9.24. The first kappa shape index (κ1) is 19.6. The fourth-order valence-electron chi connectivity index (χ4n) is 3.65. The summed E-state index contributed by atoms with van der Waals surface area (Å²) < 4.78 is 41.6. The van der Waals surface area contributed by atoms with Crippen molar-refractivity contribution in [2.45, 2.75) is 17.5 Å². The molecule has 0 aliphatic carbocycles. The lowest BCUT2D eigenvalue weighted by molar-refractivity contribution is 0.136. The Kier molecular flexibility index (Phi) is 5.12. The first-order valence-corrected chi connectivity index (χ1v) is 10.7. The predicted octanol–water partition coefficient (Wildman–Crippen LogP) is 3.62. The molecule has 7 heteroatoms. The molecule has 0 fully saturated rings. The quantitative estimate of drug-likeness (QED) is 0.526. The summed E-state index contributed by atoms with van der Waals surface area (Å²) >= 11 is 0. The van der Waals surface area contributed by atoms with E-state index in [2.05, 4.69) is 0 Å². The minimum Gasteiger partial charge on any atom is -0.390 e. The predicted molar refractivity (Wildman–Crippen MR) is 112 cm³/mol. The van der Waals surface area contributed by atoms with Crippen LogP contribution in [0.5, 0.6) is 0 Å². The van der Waals surface area contributed by atoms with E-state index in [1.54, 1.807) is 0 Å². The average Bonchev–Trinajstić information content (AvgIpc) is 3.02. The number of hydrogen-bond acceptors (Lipinski definition) is 3. The number of aliphatic hydroxyl groups excluding tert-OH is 1. The van der Waals surface area contributed by atoms with Crippen LogP contribution in [0.3, 0.4) is 0 Å². The van der Waals surface area contributed by atoms with Crippen molar-refractivity contribution in [2.75, 3.05) is 13.6 Å². The summed E-state index contributed by atoms with van der Waals surface area (Å²) in [4.78, 5) is -0.00883. The summed E-state index contributed by atoms with van der Waals surface area (Å²) in [5.41, 5.74) is 1.97. The van der Waals surface area contributed by atoms with Crippen molar-refractivity contribution >= 4 is 31.8 Å². The topological polar surface area (TPSA) is 62.5 Å². The molecule has 4 aromatic rings. The van der Waals surface area contributed by atoms with Crippen LogP contribution in [0.25, 0.3) is 21.8 Å². The Balaban J connectivity index is 1.60. The van der Waals surface area contributed by atoms with E-state index in [-0.39, 0.29) is 18.0 Å². The Morgan fingerprint density at radius 1 is 0.931 bits per heavy atom. The molecule has 1 N–H and O–H groups in total. The van der Waals surface area contributed by atoms with Crippen LogP contribution in [0.1, 0.15) is 0 Å². The largest absolute Gasteiger partial charge is 0.390 e. The van der Waals surface area contributed by atoms with Crippen molar-refractivity contribution in [3.05, 3.63) is 78.6 Å². The van der Waals surface area contributed by atoms with E-state index in [1.807, 2.05) is 53.1 Å². The molecule has 0 aliphatic heterocycles. The Labute approximate surface area is 168 Å².